The van der Waals surface area contributed by atoms with Gasteiger partial charge in [-0.1, -0.05) is 15.9 Å². The Hall–Kier alpha value is -1.95. The average Bonchev–Trinajstić information content (AvgIpc) is 2.91. The van der Waals surface area contributed by atoms with Gasteiger partial charge in [-0.25, -0.2) is 4.79 Å². The van der Waals surface area contributed by atoms with Crippen LogP contribution < -0.4 is 9.47 Å². The van der Waals surface area contributed by atoms with Crippen molar-refractivity contribution in [1.82, 2.24) is 0 Å². The van der Waals surface area contributed by atoms with E-state index in [9.17, 15) is 4.79 Å². The Bertz CT molecular complexity index is 648. The summed E-state index contributed by atoms with van der Waals surface area (Å²) in [5.74, 6) is 1.28. The van der Waals surface area contributed by atoms with E-state index in [1.165, 1.54) is 6.26 Å². The molecular weight excluding hydrogens is 340 g/mol. The topological polar surface area (TPSA) is 57.9 Å². The third-order valence-corrected chi connectivity index (χ3v) is 3.73. The molecule has 6 heteroatoms. The predicted octanol–water partition coefficient (Wildman–Crippen LogP) is 3.72. The Labute approximate surface area is 130 Å². The van der Waals surface area contributed by atoms with Gasteiger partial charge in [0, 0.05) is 10.0 Å². The summed E-state index contributed by atoms with van der Waals surface area (Å²) in [6, 6.07) is 5.12. The number of rotatable bonds is 5. The third kappa shape index (κ3) is 3.39. The minimum Gasteiger partial charge on any atom is -0.493 e. The molecule has 0 atom stereocenters. The van der Waals surface area contributed by atoms with Gasteiger partial charge >= 0.3 is 5.97 Å². The lowest BCUT2D eigenvalue weighted by Crippen LogP contribution is -2.06. The first kappa shape index (κ1) is 15.4. The van der Waals surface area contributed by atoms with Crippen LogP contribution in [0.4, 0.5) is 0 Å². The molecule has 0 aliphatic heterocycles. The second kappa shape index (κ2) is 6.67. The van der Waals surface area contributed by atoms with E-state index in [1.807, 2.05) is 0 Å². The van der Waals surface area contributed by atoms with Crippen molar-refractivity contribution in [2.24, 2.45) is 0 Å². The molecule has 0 aliphatic rings. The number of furan rings is 1. The normalized spacial score (nSPS) is 10.3. The molecule has 0 N–H and O–H groups in total. The zero-order valence-electron chi connectivity index (χ0n) is 11.9. The van der Waals surface area contributed by atoms with E-state index < -0.39 is 5.97 Å². The number of benzene rings is 1. The average molecular weight is 355 g/mol. The molecule has 0 unspecified atom stereocenters. The summed E-state index contributed by atoms with van der Waals surface area (Å²) in [5, 5.41) is 0. The minimum absolute atomic E-state index is 0.115. The lowest BCUT2D eigenvalue weighted by molar-refractivity contribution is 0.0469. The van der Waals surface area contributed by atoms with E-state index in [1.54, 1.807) is 39.3 Å². The largest absolute Gasteiger partial charge is 0.493 e. The highest BCUT2D eigenvalue weighted by atomic mass is 79.9. The molecule has 1 heterocycles. The molecule has 21 heavy (non-hydrogen) atoms. The Kier molecular flexibility index (Phi) is 4.90. The molecule has 0 bridgehead atoms. The van der Waals surface area contributed by atoms with Crippen molar-refractivity contribution in [1.29, 1.82) is 0 Å². The Balaban J connectivity index is 2.13. The number of hydrogen-bond donors (Lipinski definition) is 0. The molecule has 0 spiro atoms. The van der Waals surface area contributed by atoms with Crippen LogP contribution in [0.5, 0.6) is 11.5 Å². The number of halogens is 1. The van der Waals surface area contributed by atoms with Crippen molar-refractivity contribution in [3.63, 3.8) is 0 Å². The molecule has 1 aromatic heterocycles. The van der Waals surface area contributed by atoms with Crippen LogP contribution in [0.15, 0.2) is 33.4 Å². The first-order chi connectivity index (χ1) is 10.1. The number of carbonyl (C=O) groups excluding carboxylic acids is 1. The third-order valence-electron chi connectivity index (χ3n) is 2.99. The quantitative estimate of drug-likeness (QED) is 0.765. The molecule has 0 radical (unpaired) electrons. The summed E-state index contributed by atoms with van der Waals surface area (Å²) in [7, 11) is 3.11. The van der Waals surface area contributed by atoms with Gasteiger partial charge in [0.05, 0.1) is 20.5 Å². The molecule has 0 amide bonds. The fourth-order valence-electron chi connectivity index (χ4n) is 1.82. The van der Waals surface area contributed by atoms with E-state index in [0.717, 1.165) is 10.0 Å². The maximum absolute atomic E-state index is 11.9. The summed E-state index contributed by atoms with van der Waals surface area (Å²) in [6.07, 6.45) is 1.46. The summed E-state index contributed by atoms with van der Waals surface area (Å²) >= 11 is 3.42. The van der Waals surface area contributed by atoms with Crippen LogP contribution in [0.25, 0.3) is 0 Å². The fourth-order valence-corrected chi connectivity index (χ4v) is 2.26. The number of hydrogen-bond acceptors (Lipinski definition) is 5. The highest BCUT2D eigenvalue weighted by molar-refractivity contribution is 9.10. The van der Waals surface area contributed by atoms with Crippen molar-refractivity contribution in [2.45, 2.75) is 13.5 Å². The van der Waals surface area contributed by atoms with Crippen LogP contribution in [-0.4, -0.2) is 20.2 Å². The van der Waals surface area contributed by atoms with Crippen LogP contribution in [0, 0.1) is 6.92 Å². The maximum atomic E-state index is 11.9. The lowest BCUT2D eigenvalue weighted by Gasteiger charge is -2.12. The molecule has 0 saturated carbocycles. The zero-order chi connectivity index (χ0) is 15.4. The number of carbonyl (C=O) groups is 1. The molecule has 0 aliphatic carbocycles. The van der Waals surface area contributed by atoms with Crippen LogP contribution >= 0.6 is 15.9 Å². The number of ether oxygens (including phenoxy) is 3. The van der Waals surface area contributed by atoms with Gasteiger partial charge in [0.1, 0.15) is 17.9 Å². The fraction of sp³-hybridized carbons (Fsp3) is 0.267. The first-order valence-electron chi connectivity index (χ1n) is 6.18. The second-order valence-electron chi connectivity index (χ2n) is 4.27. The molecule has 112 valence electrons. The van der Waals surface area contributed by atoms with E-state index in [-0.39, 0.29) is 6.61 Å². The molecule has 1 aromatic carbocycles. The van der Waals surface area contributed by atoms with Crippen molar-refractivity contribution in [2.75, 3.05) is 14.2 Å². The Morgan fingerprint density at radius 2 is 1.90 bits per heavy atom. The van der Waals surface area contributed by atoms with Gasteiger partial charge in [0.15, 0.2) is 11.5 Å². The SMILES string of the molecule is COc1cc(Br)c(COC(=O)c2ccoc2C)cc1OC. The molecule has 0 saturated heterocycles. The van der Waals surface area contributed by atoms with Crippen molar-refractivity contribution >= 4 is 21.9 Å². The van der Waals surface area contributed by atoms with Gasteiger partial charge < -0.3 is 18.6 Å². The van der Waals surface area contributed by atoms with Gasteiger partial charge in [0.25, 0.3) is 0 Å². The van der Waals surface area contributed by atoms with Crippen LogP contribution in [0.1, 0.15) is 21.7 Å². The first-order valence-corrected chi connectivity index (χ1v) is 6.97. The van der Waals surface area contributed by atoms with Crippen molar-refractivity contribution < 1.29 is 23.4 Å². The predicted molar refractivity (Wildman–Crippen MR) is 79.8 cm³/mol. The highest BCUT2D eigenvalue weighted by Gasteiger charge is 2.15. The van der Waals surface area contributed by atoms with Gasteiger partial charge in [-0.05, 0) is 25.1 Å². The van der Waals surface area contributed by atoms with E-state index in [4.69, 9.17) is 18.6 Å². The number of methoxy groups -OCH3 is 2. The van der Waals surface area contributed by atoms with E-state index >= 15 is 0 Å². The van der Waals surface area contributed by atoms with Crippen LogP contribution in [-0.2, 0) is 11.3 Å². The monoisotopic (exact) mass is 354 g/mol. The molecular formula is C15H15BrO5. The number of esters is 1. The second-order valence-corrected chi connectivity index (χ2v) is 5.12. The van der Waals surface area contributed by atoms with Gasteiger partial charge in [-0.3, -0.25) is 0 Å². The maximum Gasteiger partial charge on any atom is 0.342 e. The molecule has 0 fully saturated rings. The van der Waals surface area contributed by atoms with Crippen LogP contribution in [0.2, 0.25) is 0 Å². The molecule has 2 aromatic rings. The van der Waals surface area contributed by atoms with Crippen LogP contribution in [0.3, 0.4) is 0 Å². The van der Waals surface area contributed by atoms with E-state index in [2.05, 4.69) is 15.9 Å². The molecule has 5 nitrogen and oxygen atoms in total. The van der Waals surface area contributed by atoms with E-state index in [0.29, 0.717) is 22.8 Å². The summed E-state index contributed by atoms with van der Waals surface area (Å²) in [4.78, 5) is 11.9. The van der Waals surface area contributed by atoms with Crippen molar-refractivity contribution in [3.05, 3.63) is 45.8 Å². The summed E-state index contributed by atoms with van der Waals surface area (Å²) in [6.45, 7) is 1.83. The Morgan fingerprint density at radius 3 is 2.48 bits per heavy atom. The standard InChI is InChI=1S/C15H15BrO5/c1-9-11(4-5-20-9)15(17)21-8-10-6-13(18-2)14(19-3)7-12(10)16/h4-7H,8H2,1-3H3. The summed E-state index contributed by atoms with van der Waals surface area (Å²) < 4.78 is 21.6. The minimum atomic E-state index is -0.428. The van der Waals surface area contributed by atoms with Gasteiger partial charge in [-0.2, -0.15) is 0 Å². The number of aryl methyl sites for hydroxylation is 1. The highest BCUT2D eigenvalue weighted by Crippen LogP contribution is 2.33. The van der Waals surface area contributed by atoms with Crippen molar-refractivity contribution in [3.8, 4) is 11.5 Å². The van der Waals surface area contributed by atoms with Gasteiger partial charge in [0.2, 0.25) is 0 Å². The lowest BCUT2D eigenvalue weighted by atomic mass is 10.2. The zero-order valence-corrected chi connectivity index (χ0v) is 13.5. The smallest absolute Gasteiger partial charge is 0.342 e. The Morgan fingerprint density at radius 1 is 1.24 bits per heavy atom. The van der Waals surface area contributed by atoms with Gasteiger partial charge in [-0.15, -0.1) is 0 Å². The molecule has 2 rings (SSSR count). The summed E-state index contributed by atoms with van der Waals surface area (Å²) in [5.41, 5.74) is 1.20.